The van der Waals surface area contributed by atoms with E-state index < -0.39 is 12.2 Å². The molecule has 0 aromatic heterocycles. The summed E-state index contributed by atoms with van der Waals surface area (Å²) in [5, 5.41) is 11.6. The summed E-state index contributed by atoms with van der Waals surface area (Å²) in [4.78, 5) is 0. The summed E-state index contributed by atoms with van der Waals surface area (Å²) in [5.41, 5.74) is 11.5. The van der Waals surface area contributed by atoms with Crippen molar-refractivity contribution in [1.82, 2.24) is 0 Å². The Morgan fingerprint density at radius 2 is 0.789 bits per heavy atom. The Labute approximate surface area is 488 Å². The maximum absolute atomic E-state index is 11.6. The van der Waals surface area contributed by atoms with Crippen molar-refractivity contribution in [3.8, 4) is 0 Å². The minimum Gasteiger partial charge on any atom is -0.386 e. The van der Waals surface area contributed by atoms with Gasteiger partial charge >= 0.3 is 0 Å². The fraction of sp³-hybridized carbons (Fsp3) is 0.446. The van der Waals surface area contributed by atoms with Gasteiger partial charge in [-0.2, -0.15) is 27.0 Å². The Balaban J connectivity index is 0.000000367. The van der Waals surface area contributed by atoms with Crippen molar-refractivity contribution < 1.29 is 33.5 Å². The maximum Gasteiger partial charge on any atom is 0.114 e. The van der Waals surface area contributed by atoms with Gasteiger partial charge in [-0.1, -0.05) is 202 Å². The molecule has 2 aliphatic rings. The normalized spacial score (nSPS) is 21.6. The Kier molecular flexibility index (Phi) is 31.1. The molecule has 416 valence electrons. The van der Waals surface area contributed by atoms with Crippen LogP contribution in [0.15, 0.2) is 155 Å². The van der Waals surface area contributed by atoms with Gasteiger partial charge in [-0.25, -0.2) is 0 Å². The van der Waals surface area contributed by atoms with Crippen LogP contribution >= 0.6 is 58.9 Å². The summed E-state index contributed by atoms with van der Waals surface area (Å²) < 4.78 is 40.6. The molecule has 6 aromatic carbocycles. The number of benzene rings is 6. The Bertz CT molecular complexity index is 2280. The average Bonchev–Trinajstić information content (AvgIpc) is 3.40. The molecule has 2 saturated heterocycles. The minimum atomic E-state index is -0.798. The summed E-state index contributed by atoms with van der Waals surface area (Å²) in [6.07, 6.45) is 0.134. The Morgan fingerprint density at radius 3 is 1.14 bits per heavy atom. The van der Waals surface area contributed by atoms with E-state index in [4.69, 9.17) is 28.4 Å². The van der Waals surface area contributed by atoms with E-state index in [0.29, 0.717) is 45.6 Å². The van der Waals surface area contributed by atoms with Gasteiger partial charge in [0, 0.05) is 14.9 Å². The number of halogens is 2. The number of ether oxygens (including phenoxy) is 6. The molecule has 8 rings (SSSR count). The SMILES string of the molecule is CC.CC.Cc1cc(Br)cc(C)c1[C@H](C)[C@H]1OC(COCc2ccccc2)[C@@H](C)CC1OCc1ccccc1.Cc1cc(Br)cc(C)c1[C@H](O)[C@H]1OC(COCc2ccccc2)[C@@H](C)CC1OCc1ccccc1.S.S. The third-order valence-corrected chi connectivity index (χ3v) is 14.9. The van der Waals surface area contributed by atoms with Gasteiger partial charge in [0.1, 0.15) is 12.2 Å². The Hall–Kier alpha value is -3.30. The second-order valence-corrected chi connectivity index (χ2v) is 21.3. The van der Waals surface area contributed by atoms with Gasteiger partial charge in [0.25, 0.3) is 0 Å². The third kappa shape index (κ3) is 20.1. The lowest BCUT2D eigenvalue weighted by Crippen LogP contribution is -2.49. The monoisotopic (exact) mass is 1200 g/mol. The van der Waals surface area contributed by atoms with Crippen LogP contribution in [0.25, 0.3) is 0 Å². The zero-order valence-corrected chi connectivity index (χ0v) is 52.1. The lowest BCUT2D eigenvalue weighted by molar-refractivity contribution is -0.210. The molecule has 4 unspecified atom stereocenters. The van der Waals surface area contributed by atoms with Crippen LogP contribution in [0, 0.1) is 39.5 Å². The molecule has 10 atom stereocenters. The quantitative estimate of drug-likeness (QED) is 0.0919. The molecule has 0 aliphatic carbocycles. The zero-order chi connectivity index (χ0) is 53.6. The topological polar surface area (TPSA) is 75.6 Å². The minimum absolute atomic E-state index is 0. The lowest BCUT2D eigenvalue weighted by Gasteiger charge is -2.43. The first-order chi connectivity index (χ1) is 35.8. The molecular weight excluding hydrogens is 1120 g/mol. The van der Waals surface area contributed by atoms with Gasteiger partial charge in [0.15, 0.2) is 0 Å². The highest BCUT2D eigenvalue weighted by Gasteiger charge is 2.43. The zero-order valence-electron chi connectivity index (χ0n) is 46.9. The first kappa shape index (κ1) is 67.0. The second kappa shape index (κ2) is 35.3. The number of hydrogen-bond donors (Lipinski definition) is 1. The largest absolute Gasteiger partial charge is 0.386 e. The van der Waals surface area contributed by atoms with Crippen molar-refractivity contribution >= 4 is 58.9 Å². The van der Waals surface area contributed by atoms with E-state index >= 15 is 0 Å². The number of aliphatic hydroxyl groups is 1. The van der Waals surface area contributed by atoms with E-state index in [2.05, 4.69) is 139 Å². The van der Waals surface area contributed by atoms with Crippen LogP contribution < -0.4 is 0 Å². The third-order valence-electron chi connectivity index (χ3n) is 13.9. The van der Waals surface area contributed by atoms with Crippen molar-refractivity contribution in [3.63, 3.8) is 0 Å². The fourth-order valence-electron chi connectivity index (χ4n) is 10.2. The van der Waals surface area contributed by atoms with E-state index in [9.17, 15) is 5.11 Å². The van der Waals surface area contributed by atoms with Crippen molar-refractivity contribution in [2.75, 3.05) is 13.2 Å². The molecule has 0 saturated carbocycles. The molecule has 0 bridgehead atoms. The molecule has 0 radical (unpaired) electrons. The molecular formula is C65H88Br2O7S2. The fourth-order valence-corrected chi connectivity index (χ4v) is 11.6. The maximum atomic E-state index is 11.6. The molecule has 6 aromatic rings. The van der Waals surface area contributed by atoms with Gasteiger partial charge in [-0.3, -0.25) is 0 Å². The Morgan fingerprint density at radius 1 is 0.487 bits per heavy atom. The van der Waals surface area contributed by atoms with Gasteiger partial charge in [-0.15, -0.1) is 0 Å². The summed E-state index contributed by atoms with van der Waals surface area (Å²) in [7, 11) is 0. The van der Waals surface area contributed by atoms with Crippen molar-refractivity contribution in [2.45, 2.75) is 164 Å². The van der Waals surface area contributed by atoms with Gasteiger partial charge < -0.3 is 33.5 Å². The van der Waals surface area contributed by atoms with Gasteiger partial charge in [0.2, 0.25) is 0 Å². The summed E-state index contributed by atoms with van der Waals surface area (Å²) in [6, 6.07) is 49.5. The summed E-state index contributed by atoms with van der Waals surface area (Å²) in [5.74, 6) is 0.789. The van der Waals surface area contributed by atoms with Crippen molar-refractivity contribution in [2.24, 2.45) is 11.8 Å². The molecule has 11 heteroatoms. The predicted octanol–water partition coefficient (Wildman–Crippen LogP) is 16.7. The van der Waals surface area contributed by atoms with E-state index in [-0.39, 0.29) is 69.3 Å². The summed E-state index contributed by atoms with van der Waals surface area (Å²) in [6.45, 7) is 26.4. The van der Waals surface area contributed by atoms with E-state index in [1.165, 1.54) is 27.8 Å². The smallest absolute Gasteiger partial charge is 0.114 e. The highest BCUT2D eigenvalue weighted by atomic mass is 79.9. The van der Waals surface area contributed by atoms with Crippen LogP contribution in [0.1, 0.15) is 129 Å². The summed E-state index contributed by atoms with van der Waals surface area (Å²) >= 11 is 7.21. The van der Waals surface area contributed by atoms with Crippen LogP contribution in [0.5, 0.6) is 0 Å². The van der Waals surface area contributed by atoms with Crippen LogP contribution in [-0.2, 0) is 54.8 Å². The van der Waals surface area contributed by atoms with Crippen molar-refractivity contribution in [1.29, 1.82) is 0 Å². The van der Waals surface area contributed by atoms with Crippen molar-refractivity contribution in [3.05, 3.63) is 210 Å². The molecule has 0 spiro atoms. The number of aliphatic hydroxyl groups excluding tert-OH is 1. The number of hydrogen-bond acceptors (Lipinski definition) is 7. The molecule has 2 aliphatic heterocycles. The highest BCUT2D eigenvalue weighted by Crippen LogP contribution is 2.40. The van der Waals surface area contributed by atoms with Crippen LogP contribution in [0.4, 0.5) is 0 Å². The molecule has 1 N–H and O–H groups in total. The lowest BCUT2D eigenvalue weighted by atomic mass is 9.81. The first-order valence-electron chi connectivity index (χ1n) is 26.9. The predicted molar refractivity (Wildman–Crippen MR) is 331 cm³/mol. The molecule has 2 heterocycles. The molecule has 7 nitrogen and oxygen atoms in total. The molecule has 0 amide bonds. The van der Waals surface area contributed by atoms with Crippen LogP contribution in [-0.4, -0.2) is 54.9 Å². The van der Waals surface area contributed by atoms with E-state index in [1.807, 2.05) is 114 Å². The number of aryl methyl sites for hydroxylation is 4. The highest BCUT2D eigenvalue weighted by molar-refractivity contribution is 9.10. The molecule has 76 heavy (non-hydrogen) atoms. The standard InChI is InChI=1S/C31H37BrO3.C30H35BrO4.2C2H6.2H2S/c1-21-17-28(34-19-26-13-9-6-10-14-26)31(24(4)30-22(2)15-27(32)16-23(30)3)35-29(21)20-33-18-25-11-7-5-8-12-25;1-20-16-26(34-18-24-12-8-5-9-13-24)30(29(32)28-21(2)14-25(31)15-22(28)3)35-27(20)19-33-17-23-10-6-4-7-11-23;2*1-2;;/h5-16,21,24,28-29,31H,17-20H2,1-4H3;4-15,20,26-27,29-30,32H,16-19H2,1-3H3;2*1-2H3;2*1H2/t21-,24-,28?,29?,31+;20-,26?,27?,29-,30-;;;;/m00..../s1. The van der Waals surface area contributed by atoms with E-state index in [1.54, 1.807) is 0 Å². The first-order valence-corrected chi connectivity index (χ1v) is 28.5. The van der Waals surface area contributed by atoms with Gasteiger partial charge in [0.05, 0.1) is 70.2 Å². The average molecular weight is 1210 g/mol. The second-order valence-electron chi connectivity index (χ2n) is 19.5. The van der Waals surface area contributed by atoms with Crippen LogP contribution in [0.3, 0.4) is 0 Å². The number of rotatable bonds is 18. The van der Waals surface area contributed by atoms with Crippen LogP contribution in [0.2, 0.25) is 0 Å². The van der Waals surface area contributed by atoms with Gasteiger partial charge in [-0.05, 0) is 132 Å². The van der Waals surface area contributed by atoms with E-state index in [0.717, 1.165) is 49.6 Å². The molecule has 2 fully saturated rings.